The van der Waals surface area contributed by atoms with Gasteiger partial charge in [-0.15, -0.1) is 11.3 Å². The molecule has 124 valence electrons. The molecule has 0 bridgehead atoms. The predicted molar refractivity (Wildman–Crippen MR) is 90.5 cm³/mol. The molecule has 7 heteroatoms. The van der Waals surface area contributed by atoms with Crippen molar-refractivity contribution in [1.82, 2.24) is 5.32 Å². The van der Waals surface area contributed by atoms with Crippen LogP contribution in [0.4, 0.5) is 10.5 Å². The average molecular weight is 336 g/mol. The number of thiophene rings is 1. The highest BCUT2D eigenvalue weighted by Crippen LogP contribution is 2.26. The molecule has 0 saturated carbocycles. The van der Waals surface area contributed by atoms with Gasteiger partial charge >= 0.3 is 6.03 Å². The maximum atomic E-state index is 12.0. The lowest BCUT2D eigenvalue weighted by molar-refractivity contribution is 0.0637. The summed E-state index contributed by atoms with van der Waals surface area (Å²) in [7, 11) is 3.08. The number of nitrogens with one attached hydrogen (secondary N) is 2. The first-order valence-corrected chi connectivity index (χ1v) is 7.87. The van der Waals surface area contributed by atoms with E-state index in [1.54, 1.807) is 25.1 Å². The van der Waals surface area contributed by atoms with E-state index >= 15 is 0 Å². The molecule has 0 fully saturated rings. The van der Waals surface area contributed by atoms with Gasteiger partial charge in [0.25, 0.3) is 0 Å². The highest BCUT2D eigenvalue weighted by molar-refractivity contribution is 7.10. The van der Waals surface area contributed by atoms with Crippen LogP contribution in [0.15, 0.2) is 35.7 Å². The summed E-state index contributed by atoms with van der Waals surface area (Å²) in [5.74, 6) is 1.15. The number of anilines is 1. The van der Waals surface area contributed by atoms with Crippen LogP contribution in [0.25, 0.3) is 0 Å². The van der Waals surface area contributed by atoms with Gasteiger partial charge in [-0.2, -0.15) is 0 Å². The van der Waals surface area contributed by atoms with Crippen molar-refractivity contribution in [1.29, 1.82) is 0 Å². The first-order valence-electron chi connectivity index (χ1n) is 6.99. The summed E-state index contributed by atoms with van der Waals surface area (Å²) < 4.78 is 10.3. The Balaban J connectivity index is 1.97. The van der Waals surface area contributed by atoms with Crippen molar-refractivity contribution < 1.29 is 19.4 Å². The minimum atomic E-state index is -1.11. The second-order valence-electron chi connectivity index (χ2n) is 5.16. The lowest BCUT2D eigenvalue weighted by Gasteiger charge is -2.22. The Morgan fingerprint density at radius 3 is 2.43 bits per heavy atom. The van der Waals surface area contributed by atoms with Gasteiger partial charge in [0.05, 0.1) is 20.8 Å². The third-order valence-electron chi connectivity index (χ3n) is 3.25. The summed E-state index contributed by atoms with van der Waals surface area (Å²) in [4.78, 5) is 12.8. The van der Waals surface area contributed by atoms with Gasteiger partial charge in [-0.25, -0.2) is 4.79 Å². The minimum Gasteiger partial charge on any atom is -0.497 e. The second-order valence-corrected chi connectivity index (χ2v) is 6.11. The number of carbonyl (C=O) groups excluding carboxylic acids is 1. The van der Waals surface area contributed by atoms with E-state index in [-0.39, 0.29) is 6.54 Å². The Bertz CT molecular complexity index is 634. The van der Waals surface area contributed by atoms with Crippen LogP contribution in [0.1, 0.15) is 11.8 Å². The fourth-order valence-electron chi connectivity index (χ4n) is 1.98. The van der Waals surface area contributed by atoms with E-state index in [0.717, 1.165) is 4.88 Å². The van der Waals surface area contributed by atoms with Crippen LogP contribution in [0.5, 0.6) is 11.5 Å². The van der Waals surface area contributed by atoms with Crippen LogP contribution in [-0.4, -0.2) is 31.9 Å². The van der Waals surface area contributed by atoms with Gasteiger partial charge in [-0.05, 0) is 18.4 Å². The number of aliphatic hydroxyl groups is 1. The van der Waals surface area contributed by atoms with E-state index < -0.39 is 11.6 Å². The maximum Gasteiger partial charge on any atom is 0.319 e. The number of benzene rings is 1. The highest BCUT2D eigenvalue weighted by Gasteiger charge is 2.24. The molecule has 0 aliphatic heterocycles. The van der Waals surface area contributed by atoms with Crippen LogP contribution < -0.4 is 20.1 Å². The molecular weight excluding hydrogens is 316 g/mol. The van der Waals surface area contributed by atoms with E-state index in [0.29, 0.717) is 17.2 Å². The molecule has 1 atom stereocenters. The molecule has 1 aromatic carbocycles. The van der Waals surface area contributed by atoms with Crippen LogP contribution in [-0.2, 0) is 5.60 Å². The third-order valence-corrected chi connectivity index (χ3v) is 4.38. The van der Waals surface area contributed by atoms with Crippen LogP contribution in [0.3, 0.4) is 0 Å². The van der Waals surface area contributed by atoms with Gasteiger partial charge in [-0.3, -0.25) is 0 Å². The van der Waals surface area contributed by atoms with E-state index in [1.807, 2.05) is 17.5 Å². The Morgan fingerprint density at radius 2 is 1.91 bits per heavy atom. The Morgan fingerprint density at radius 1 is 1.26 bits per heavy atom. The van der Waals surface area contributed by atoms with Crippen molar-refractivity contribution in [2.45, 2.75) is 12.5 Å². The molecule has 0 aliphatic carbocycles. The van der Waals surface area contributed by atoms with E-state index in [2.05, 4.69) is 10.6 Å². The Kier molecular flexibility index (Phi) is 5.46. The topological polar surface area (TPSA) is 79.8 Å². The fourth-order valence-corrected chi connectivity index (χ4v) is 2.77. The maximum absolute atomic E-state index is 12.0. The molecular formula is C16H20N2O4S. The molecule has 2 aromatic rings. The molecule has 6 nitrogen and oxygen atoms in total. The Labute approximate surface area is 139 Å². The molecule has 23 heavy (non-hydrogen) atoms. The van der Waals surface area contributed by atoms with Gasteiger partial charge in [0.2, 0.25) is 0 Å². The van der Waals surface area contributed by atoms with Gasteiger partial charge in [0.1, 0.15) is 17.1 Å². The molecule has 0 aliphatic rings. The highest BCUT2D eigenvalue weighted by atomic mass is 32.1. The number of amides is 2. The zero-order chi connectivity index (χ0) is 16.9. The SMILES string of the molecule is COc1cc(NC(=O)NCC(C)(O)c2cccs2)cc(OC)c1. The summed E-state index contributed by atoms with van der Waals surface area (Å²) in [6, 6.07) is 8.34. The molecule has 1 unspecified atom stereocenters. The van der Waals surface area contributed by atoms with E-state index in [4.69, 9.17) is 9.47 Å². The lowest BCUT2D eigenvalue weighted by Crippen LogP contribution is -2.40. The minimum absolute atomic E-state index is 0.0977. The molecule has 0 radical (unpaired) electrons. The summed E-state index contributed by atoms with van der Waals surface area (Å²) in [5, 5.41) is 17.6. The smallest absolute Gasteiger partial charge is 0.319 e. The zero-order valence-electron chi connectivity index (χ0n) is 13.3. The molecule has 1 aromatic heterocycles. The van der Waals surface area contributed by atoms with Crippen molar-refractivity contribution in [2.24, 2.45) is 0 Å². The molecule has 2 rings (SSSR count). The van der Waals surface area contributed by atoms with Gasteiger partial charge in [0.15, 0.2) is 0 Å². The predicted octanol–water partition coefficient (Wildman–Crippen LogP) is 2.79. The lowest BCUT2D eigenvalue weighted by atomic mass is 10.1. The van der Waals surface area contributed by atoms with Crippen molar-refractivity contribution in [3.05, 3.63) is 40.6 Å². The number of methoxy groups -OCH3 is 2. The summed E-state index contributed by atoms with van der Waals surface area (Å²) in [6.07, 6.45) is 0. The quantitative estimate of drug-likeness (QED) is 0.758. The van der Waals surface area contributed by atoms with Crippen molar-refractivity contribution in [2.75, 3.05) is 26.1 Å². The monoisotopic (exact) mass is 336 g/mol. The fraction of sp³-hybridized carbons (Fsp3) is 0.312. The van der Waals surface area contributed by atoms with E-state index in [1.165, 1.54) is 25.6 Å². The van der Waals surface area contributed by atoms with Crippen LogP contribution in [0.2, 0.25) is 0 Å². The average Bonchev–Trinajstić information content (AvgIpc) is 3.08. The second kappa shape index (κ2) is 7.34. The summed E-state index contributed by atoms with van der Waals surface area (Å²) >= 11 is 1.44. The number of ether oxygens (including phenoxy) is 2. The number of hydrogen-bond acceptors (Lipinski definition) is 5. The number of urea groups is 1. The van der Waals surface area contributed by atoms with Gasteiger partial charge in [-0.1, -0.05) is 6.07 Å². The normalized spacial score (nSPS) is 13.0. The van der Waals surface area contributed by atoms with Gasteiger partial charge in [0, 0.05) is 28.8 Å². The third kappa shape index (κ3) is 4.61. The number of rotatable bonds is 6. The number of hydrogen-bond donors (Lipinski definition) is 3. The molecule has 0 spiro atoms. The largest absolute Gasteiger partial charge is 0.497 e. The molecule has 3 N–H and O–H groups in total. The van der Waals surface area contributed by atoms with Crippen LogP contribution >= 0.6 is 11.3 Å². The standard InChI is InChI=1S/C16H20N2O4S/c1-16(20,14-5-4-6-23-14)10-17-15(19)18-11-7-12(21-2)9-13(8-11)22-3/h4-9,20H,10H2,1-3H3,(H2,17,18,19). The van der Waals surface area contributed by atoms with Crippen molar-refractivity contribution >= 4 is 23.1 Å². The van der Waals surface area contributed by atoms with E-state index in [9.17, 15) is 9.90 Å². The van der Waals surface area contributed by atoms with Crippen molar-refractivity contribution in [3.8, 4) is 11.5 Å². The first kappa shape index (κ1) is 17.1. The van der Waals surface area contributed by atoms with Crippen LogP contribution in [0, 0.1) is 0 Å². The zero-order valence-corrected chi connectivity index (χ0v) is 14.1. The molecule has 2 amide bonds. The Hall–Kier alpha value is -2.25. The summed E-state index contributed by atoms with van der Waals surface area (Å²) in [5.41, 5.74) is -0.577. The first-order chi connectivity index (χ1) is 10.9. The van der Waals surface area contributed by atoms with Crippen molar-refractivity contribution in [3.63, 3.8) is 0 Å². The number of carbonyl (C=O) groups is 1. The molecule has 0 saturated heterocycles. The molecule has 1 heterocycles. The summed E-state index contributed by atoms with van der Waals surface area (Å²) in [6.45, 7) is 1.76. The van der Waals surface area contributed by atoms with Gasteiger partial charge < -0.3 is 25.2 Å².